The molecule has 3 aliphatic rings. The zero-order valence-corrected chi connectivity index (χ0v) is 45.9. The van der Waals surface area contributed by atoms with Crippen LogP contribution in [0.2, 0.25) is 0 Å². The molecule has 0 aromatic carbocycles. The SMILES string of the molecule is CC(C)(C)c1ccc(-c2nc3n(c(=O)c2C#N)CC(CO)CS3)cn1.CC(C)(C)c1ccc(-c2nc3n(c(=O)c2C#N)C[C@@H](CO)CS3)cn1.CC(C)(C)c1ccc(-c2nc3n(c(=O)c2C#N)C[C@H](CO)CS3)cn1. The normalized spacial score (nSPS) is 17.0. The smallest absolute Gasteiger partial charge is 0.272 e. The van der Waals surface area contributed by atoms with Crippen LogP contribution in [0.3, 0.4) is 0 Å². The lowest BCUT2D eigenvalue weighted by molar-refractivity contribution is 0.217. The van der Waals surface area contributed by atoms with Crippen molar-refractivity contribution < 1.29 is 15.3 Å². The number of nitriles is 3. The van der Waals surface area contributed by atoms with Crippen LogP contribution < -0.4 is 16.7 Å². The Morgan fingerprint density at radius 3 is 0.920 bits per heavy atom. The van der Waals surface area contributed by atoms with Gasteiger partial charge in [-0.15, -0.1) is 0 Å². The Bertz CT molecular complexity index is 3030. The molecular formula is C54H60N12O6S3. The number of aliphatic hydroxyl groups excluding tert-OH is 3. The van der Waals surface area contributed by atoms with Gasteiger partial charge >= 0.3 is 0 Å². The highest BCUT2D eigenvalue weighted by atomic mass is 32.2. The summed E-state index contributed by atoms with van der Waals surface area (Å²) in [7, 11) is 0. The van der Waals surface area contributed by atoms with E-state index in [1.807, 2.05) is 54.6 Å². The lowest BCUT2D eigenvalue weighted by Crippen LogP contribution is -2.34. The fourth-order valence-corrected chi connectivity index (χ4v) is 11.3. The summed E-state index contributed by atoms with van der Waals surface area (Å²) >= 11 is 4.30. The number of nitrogens with zero attached hydrogens (tertiary/aromatic N) is 12. The van der Waals surface area contributed by atoms with Crippen molar-refractivity contribution in [2.45, 2.75) is 114 Å². The van der Waals surface area contributed by atoms with Crippen molar-refractivity contribution in [3.63, 3.8) is 0 Å². The van der Waals surface area contributed by atoms with Crippen molar-refractivity contribution in [2.24, 2.45) is 17.8 Å². The van der Waals surface area contributed by atoms with Crippen molar-refractivity contribution in [3.05, 3.63) is 120 Å². The third-order valence-electron chi connectivity index (χ3n) is 12.6. The maximum atomic E-state index is 12.7. The summed E-state index contributed by atoms with van der Waals surface area (Å²) in [6, 6.07) is 17.3. The monoisotopic (exact) mass is 1070 g/mol. The van der Waals surface area contributed by atoms with E-state index in [1.54, 1.807) is 18.6 Å². The number of hydrogen-bond acceptors (Lipinski definition) is 18. The van der Waals surface area contributed by atoms with Crippen molar-refractivity contribution in [3.8, 4) is 52.0 Å². The molecule has 3 aliphatic heterocycles. The third-order valence-corrected chi connectivity index (χ3v) is 16.2. The summed E-state index contributed by atoms with van der Waals surface area (Å²) in [6.07, 6.45) is 5.01. The molecule has 0 saturated carbocycles. The first-order valence-electron chi connectivity index (χ1n) is 24.3. The lowest BCUT2D eigenvalue weighted by Gasteiger charge is -2.24. The third kappa shape index (κ3) is 12.4. The molecule has 0 amide bonds. The molecule has 9 heterocycles. The molecule has 21 heteroatoms. The fraction of sp³-hybridized carbons (Fsp3) is 0.444. The predicted molar refractivity (Wildman–Crippen MR) is 289 cm³/mol. The molecule has 0 bridgehead atoms. The van der Waals surface area contributed by atoms with Gasteiger partial charge in [0.2, 0.25) is 0 Å². The molecule has 0 fully saturated rings. The van der Waals surface area contributed by atoms with Crippen LogP contribution in [0.25, 0.3) is 33.8 Å². The van der Waals surface area contributed by atoms with Crippen molar-refractivity contribution in [1.29, 1.82) is 15.8 Å². The lowest BCUT2D eigenvalue weighted by atomic mass is 9.91. The average Bonchev–Trinajstić information content (AvgIpc) is 3.40. The summed E-state index contributed by atoms with van der Waals surface area (Å²) in [6.45, 7) is 19.9. The van der Waals surface area contributed by atoms with Crippen LogP contribution in [-0.2, 0) is 35.9 Å². The van der Waals surface area contributed by atoms with Crippen molar-refractivity contribution in [1.82, 2.24) is 43.6 Å². The van der Waals surface area contributed by atoms with Crippen LogP contribution in [0, 0.1) is 51.7 Å². The molecule has 6 aromatic rings. The van der Waals surface area contributed by atoms with Crippen LogP contribution in [0.1, 0.15) is 96.1 Å². The van der Waals surface area contributed by atoms with Gasteiger partial charge in [-0.1, -0.05) is 97.6 Å². The first-order valence-corrected chi connectivity index (χ1v) is 27.3. The first-order chi connectivity index (χ1) is 35.5. The van der Waals surface area contributed by atoms with E-state index >= 15 is 0 Å². The van der Waals surface area contributed by atoms with Crippen molar-refractivity contribution >= 4 is 35.3 Å². The number of thioether (sulfide) groups is 3. The number of pyridine rings is 3. The molecule has 0 aliphatic carbocycles. The molecule has 3 atom stereocenters. The van der Waals surface area contributed by atoms with E-state index in [4.69, 9.17) is 0 Å². The van der Waals surface area contributed by atoms with Crippen LogP contribution in [0.4, 0.5) is 0 Å². The van der Waals surface area contributed by atoms with Gasteiger partial charge in [0, 0.05) is 143 Å². The van der Waals surface area contributed by atoms with Crippen LogP contribution in [-0.4, -0.2) is 96.0 Å². The topological polar surface area (TPSA) is 275 Å². The van der Waals surface area contributed by atoms with Crippen LogP contribution in [0.15, 0.2) is 84.8 Å². The van der Waals surface area contributed by atoms with Crippen LogP contribution >= 0.6 is 35.3 Å². The number of rotatable bonds is 6. The van der Waals surface area contributed by atoms with E-state index in [0.29, 0.717) is 86.1 Å². The van der Waals surface area contributed by atoms with Gasteiger partial charge in [-0.3, -0.25) is 43.0 Å². The number of fused-ring (bicyclic) bond motifs is 3. The highest BCUT2D eigenvalue weighted by molar-refractivity contribution is 7.99. The quantitative estimate of drug-likeness (QED) is 0.149. The van der Waals surface area contributed by atoms with Gasteiger partial charge < -0.3 is 15.3 Å². The number of aliphatic hydroxyl groups is 3. The largest absolute Gasteiger partial charge is 0.396 e. The van der Waals surface area contributed by atoms with E-state index in [0.717, 1.165) is 17.1 Å². The fourth-order valence-electron chi connectivity index (χ4n) is 8.12. The van der Waals surface area contributed by atoms with Gasteiger partial charge in [0.25, 0.3) is 16.7 Å². The van der Waals surface area contributed by atoms with E-state index in [2.05, 4.69) is 92.2 Å². The predicted octanol–water partition coefficient (Wildman–Crippen LogP) is 6.57. The second-order valence-electron chi connectivity index (χ2n) is 21.6. The van der Waals surface area contributed by atoms with Gasteiger partial charge in [-0.25, -0.2) is 15.0 Å². The summed E-state index contributed by atoms with van der Waals surface area (Å²) in [4.78, 5) is 65.2. The second kappa shape index (κ2) is 23.2. The van der Waals surface area contributed by atoms with Gasteiger partial charge in [0.05, 0.1) is 17.1 Å². The van der Waals surface area contributed by atoms with E-state index in [-0.39, 0.29) is 87.2 Å². The molecule has 0 radical (unpaired) electrons. The van der Waals surface area contributed by atoms with Crippen molar-refractivity contribution in [2.75, 3.05) is 37.1 Å². The molecule has 6 aromatic heterocycles. The minimum absolute atomic E-state index is 0.00197. The Morgan fingerprint density at radius 1 is 0.480 bits per heavy atom. The van der Waals surface area contributed by atoms with E-state index in [9.17, 15) is 45.5 Å². The molecule has 3 N–H and O–H groups in total. The van der Waals surface area contributed by atoms with Gasteiger partial charge in [0.1, 0.15) is 34.9 Å². The summed E-state index contributed by atoms with van der Waals surface area (Å²) in [5, 5.41) is 58.2. The molecule has 0 saturated heterocycles. The molecule has 390 valence electrons. The van der Waals surface area contributed by atoms with Gasteiger partial charge in [0.15, 0.2) is 15.5 Å². The first kappa shape index (κ1) is 56.2. The van der Waals surface area contributed by atoms with Crippen LogP contribution in [0.5, 0.6) is 0 Å². The zero-order valence-electron chi connectivity index (χ0n) is 43.4. The molecule has 1 unspecified atom stereocenters. The summed E-state index contributed by atoms with van der Waals surface area (Å²) < 4.78 is 4.48. The Labute approximate surface area is 448 Å². The average molecular weight is 1070 g/mol. The number of hydrogen-bond donors (Lipinski definition) is 3. The van der Waals surface area contributed by atoms with E-state index < -0.39 is 0 Å². The molecule has 18 nitrogen and oxygen atoms in total. The Balaban J connectivity index is 0.000000164. The Kier molecular flexibility index (Phi) is 17.4. The van der Waals surface area contributed by atoms with Gasteiger partial charge in [-0.2, -0.15) is 15.8 Å². The minimum atomic E-state index is -0.354. The molecule has 9 rings (SSSR count). The van der Waals surface area contributed by atoms with E-state index in [1.165, 1.54) is 49.0 Å². The standard InChI is InChI=1S/3C18H20N4O2S/c3*1-18(2,3)14-5-4-12(7-20-14)15-13(6-19)16(24)22-8-11(9-23)10-25-17(22)21-15/h3*4-5,7,11,23H,8-10H2,1-3H3/t2*11-;/m10./s1. The Morgan fingerprint density at radius 2 is 0.733 bits per heavy atom. The van der Waals surface area contributed by atoms with Gasteiger partial charge in [-0.05, 0) is 36.4 Å². The summed E-state index contributed by atoms with van der Waals surface area (Å²) in [5.74, 6) is 2.12. The summed E-state index contributed by atoms with van der Waals surface area (Å²) in [5.41, 5.74) is 4.70. The maximum absolute atomic E-state index is 12.7. The molecule has 75 heavy (non-hydrogen) atoms. The highest BCUT2D eigenvalue weighted by Gasteiger charge is 2.29. The second-order valence-corrected chi connectivity index (χ2v) is 24.5. The zero-order chi connectivity index (χ0) is 54.6. The minimum Gasteiger partial charge on any atom is -0.396 e. The Hall–Kier alpha value is -6.51. The number of aromatic nitrogens is 9. The maximum Gasteiger partial charge on any atom is 0.272 e. The highest BCUT2D eigenvalue weighted by Crippen LogP contribution is 2.33. The molecule has 0 spiro atoms. The molecular weight excluding hydrogens is 1010 g/mol.